The molecular weight excluding hydrogens is 276 g/mol. The van der Waals surface area contributed by atoms with Gasteiger partial charge in [0.05, 0.1) is 10.2 Å². The van der Waals surface area contributed by atoms with Crippen LogP contribution in [0.3, 0.4) is 0 Å². The highest BCUT2D eigenvalue weighted by Gasteiger charge is 2.11. The SMILES string of the molecule is Cc1ccc(C)c(-c2cc3nc(C)nc(Cl)c3s2)c1. The van der Waals surface area contributed by atoms with Crippen LogP contribution in [0, 0.1) is 20.8 Å². The number of hydrogen-bond donors (Lipinski definition) is 0. The normalized spacial score (nSPS) is 11.2. The number of fused-ring (bicyclic) bond motifs is 1. The molecule has 0 spiro atoms. The molecule has 0 fully saturated rings. The van der Waals surface area contributed by atoms with Crippen molar-refractivity contribution in [3.63, 3.8) is 0 Å². The molecule has 2 nitrogen and oxygen atoms in total. The molecule has 0 aliphatic rings. The lowest BCUT2D eigenvalue weighted by molar-refractivity contribution is 1.10. The van der Waals surface area contributed by atoms with Crippen molar-refractivity contribution in [3.05, 3.63) is 46.4 Å². The molecule has 1 aromatic carbocycles. The first-order valence-electron chi connectivity index (χ1n) is 6.06. The monoisotopic (exact) mass is 288 g/mol. The molecule has 2 heterocycles. The zero-order valence-corrected chi connectivity index (χ0v) is 12.6. The number of halogens is 1. The molecule has 0 saturated heterocycles. The van der Waals surface area contributed by atoms with Gasteiger partial charge in [-0.1, -0.05) is 35.4 Å². The highest BCUT2D eigenvalue weighted by atomic mass is 35.5. The maximum absolute atomic E-state index is 6.19. The third kappa shape index (κ3) is 2.24. The van der Waals surface area contributed by atoms with Crippen molar-refractivity contribution in [1.29, 1.82) is 0 Å². The average Bonchev–Trinajstić information content (AvgIpc) is 2.76. The first kappa shape index (κ1) is 12.6. The van der Waals surface area contributed by atoms with Gasteiger partial charge in [0.2, 0.25) is 0 Å². The first-order valence-corrected chi connectivity index (χ1v) is 7.25. The summed E-state index contributed by atoms with van der Waals surface area (Å²) < 4.78 is 0.961. The summed E-state index contributed by atoms with van der Waals surface area (Å²) in [6.45, 7) is 6.09. The van der Waals surface area contributed by atoms with E-state index in [2.05, 4.69) is 48.1 Å². The molecule has 19 heavy (non-hydrogen) atoms. The van der Waals surface area contributed by atoms with Crippen LogP contribution < -0.4 is 0 Å². The van der Waals surface area contributed by atoms with Crippen LogP contribution in [0.5, 0.6) is 0 Å². The largest absolute Gasteiger partial charge is 0.232 e. The van der Waals surface area contributed by atoms with Crippen molar-refractivity contribution in [2.45, 2.75) is 20.8 Å². The van der Waals surface area contributed by atoms with E-state index in [0.717, 1.165) is 10.2 Å². The molecule has 4 heteroatoms. The minimum Gasteiger partial charge on any atom is -0.232 e. The molecule has 0 radical (unpaired) electrons. The molecule has 0 saturated carbocycles. The van der Waals surface area contributed by atoms with Crippen molar-refractivity contribution in [2.24, 2.45) is 0 Å². The summed E-state index contributed by atoms with van der Waals surface area (Å²) in [4.78, 5) is 9.86. The van der Waals surface area contributed by atoms with Gasteiger partial charge in [-0.2, -0.15) is 0 Å². The fourth-order valence-electron chi connectivity index (χ4n) is 2.14. The molecule has 0 aliphatic carbocycles. The van der Waals surface area contributed by atoms with Gasteiger partial charge in [-0.15, -0.1) is 11.3 Å². The summed E-state index contributed by atoms with van der Waals surface area (Å²) in [5, 5.41) is 0.545. The summed E-state index contributed by atoms with van der Waals surface area (Å²) in [5.74, 6) is 0.711. The number of nitrogens with zero attached hydrogens (tertiary/aromatic N) is 2. The van der Waals surface area contributed by atoms with E-state index in [0.29, 0.717) is 11.0 Å². The van der Waals surface area contributed by atoms with Gasteiger partial charge >= 0.3 is 0 Å². The molecule has 0 bridgehead atoms. The second-order valence-corrected chi connectivity index (χ2v) is 6.12. The fraction of sp³-hybridized carbons (Fsp3) is 0.200. The first-order chi connectivity index (χ1) is 9.04. The lowest BCUT2D eigenvalue weighted by Gasteiger charge is -2.03. The van der Waals surface area contributed by atoms with Gasteiger partial charge in [-0.3, -0.25) is 0 Å². The second-order valence-electron chi connectivity index (χ2n) is 4.71. The minimum absolute atomic E-state index is 0.545. The summed E-state index contributed by atoms with van der Waals surface area (Å²) in [6.07, 6.45) is 0. The number of hydrogen-bond acceptors (Lipinski definition) is 3. The standard InChI is InChI=1S/C15H13ClN2S/c1-8-4-5-9(2)11(6-8)13-7-12-14(19-13)15(16)18-10(3)17-12/h4-7H,1-3H3. The summed E-state index contributed by atoms with van der Waals surface area (Å²) in [6, 6.07) is 8.58. The van der Waals surface area contributed by atoms with Crippen molar-refractivity contribution in [3.8, 4) is 10.4 Å². The summed E-state index contributed by atoms with van der Waals surface area (Å²) in [5.41, 5.74) is 4.69. The third-order valence-corrected chi connectivity index (χ3v) is 4.65. The Morgan fingerprint density at radius 3 is 2.63 bits per heavy atom. The van der Waals surface area contributed by atoms with Gasteiger partial charge in [0.1, 0.15) is 5.82 Å². The van der Waals surface area contributed by atoms with E-state index in [9.17, 15) is 0 Å². The number of aryl methyl sites for hydroxylation is 3. The number of benzene rings is 1. The molecule has 2 aromatic heterocycles. The van der Waals surface area contributed by atoms with Crippen LogP contribution in [0.1, 0.15) is 17.0 Å². The summed E-state index contributed by atoms with van der Waals surface area (Å²) in [7, 11) is 0. The van der Waals surface area contributed by atoms with Gasteiger partial charge < -0.3 is 0 Å². The Morgan fingerprint density at radius 2 is 1.84 bits per heavy atom. The molecule has 0 N–H and O–H groups in total. The molecule has 0 atom stereocenters. The summed E-state index contributed by atoms with van der Waals surface area (Å²) >= 11 is 7.85. The van der Waals surface area contributed by atoms with Crippen molar-refractivity contribution in [1.82, 2.24) is 9.97 Å². The Kier molecular flexibility index (Phi) is 3.03. The predicted molar refractivity (Wildman–Crippen MR) is 82.1 cm³/mol. The van der Waals surface area contributed by atoms with Crippen LogP contribution in [0.15, 0.2) is 24.3 Å². The predicted octanol–water partition coefficient (Wildman–Crippen LogP) is 4.94. The maximum Gasteiger partial charge on any atom is 0.150 e. The van der Waals surface area contributed by atoms with Crippen molar-refractivity contribution >= 4 is 33.2 Å². The number of thiophene rings is 1. The van der Waals surface area contributed by atoms with E-state index < -0.39 is 0 Å². The Labute approximate surface area is 121 Å². The molecule has 96 valence electrons. The smallest absolute Gasteiger partial charge is 0.150 e. The van der Waals surface area contributed by atoms with E-state index in [4.69, 9.17) is 11.6 Å². The molecular formula is C15H13ClN2S. The van der Waals surface area contributed by atoms with E-state index in [1.54, 1.807) is 11.3 Å². The van der Waals surface area contributed by atoms with Crippen molar-refractivity contribution in [2.75, 3.05) is 0 Å². The minimum atomic E-state index is 0.545. The zero-order valence-electron chi connectivity index (χ0n) is 11.0. The second kappa shape index (κ2) is 4.58. The van der Waals surface area contributed by atoms with Gasteiger partial charge in [0.15, 0.2) is 5.15 Å². The van der Waals surface area contributed by atoms with Gasteiger partial charge in [-0.25, -0.2) is 9.97 Å². The number of aromatic nitrogens is 2. The van der Waals surface area contributed by atoms with Crippen LogP contribution in [-0.2, 0) is 0 Å². The Balaban J connectivity index is 2.26. The van der Waals surface area contributed by atoms with E-state index in [1.165, 1.54) is 21.6 Å². The van der Waals surface area contributed by atoms with E-state index in [1.807, 2.05) is 6.92 Å². The van der Waals surface area contributed by atoms with E-state index in [-0.39, 0.29) is 0 Å². The average molecular weight is 289 g/mol. The topological polar surface area (TPSA) is 25.8 Å². The highest BCUT2D eigenvalue weighted by molar-refractivity contribution is 7.22. The molecule has 0 amide bonds. The van der Waals surface area contributed by atoms with Gasteiger partial charge in [0, 0.05) is 4.88 Å². The Morgan fingerprint density at radius 1 is 1.05 bits per heavy atom. The lowest BCUT2D eigenvalue weighted by atomic mass is 10.0. The van der Waals surface area contributed by atoms with Gasteiger partial charge in [0.25, 0.3) is 0 Å². The third-order valence-electron chi connectivity index (χ3n) is 3.10. The van der Waals surface area contributed by atoms with Crippen LogP contribution >= 0.6 is 22.9 Å². The van der Waals surface area contributed by atoms with Crippen molar-refractivity contribution < 1.29 is 0 Å². The fourth-order valence-corrected chi connectivity index (χ4v) is 3.53. The van der Waals surface area contributed by atoms with Crippen LogP contribution in [-0.4, -0.2) is 9.97 Å². The molecule has 0 aliphatic heterocycles. The van der Waals surface area contributed by atoms with E-state index >= 15 is 0 Å². The Bertz CT molecular complexity index is 777. The maximum atomic E-state index is 6.19. The lowest BCUT2D eigenvalue weighted by Crippen LogP contribution is -1.86. The Hall–Kier alpha value is -1.45. The van der Waals surface area contributed by atoms with Crippen LogP contribution in [0.4, 0.5) is 0 Å². The quantitative estimate of drug-likeness (QED) is 0.593. The molecule has 3 rings (SSSR count). The van der Waals surface area contributed by atoms with Gasteiger partial charge in [-0.05, 0) is 38.0 Å². The van der Waals surface area contributed by atoms with Crippen LogP contribution in [0.25, 0.3) is 20.7 Å². The number of rotatable bonds is 1. The van der Waals surface area contributed by atoms with Crippen LogP contribution in [0.2, 0.25) is 5.15 Å². The molecule has 3 aromatic rings. The highest BCUT2D eigenvalue weighted by Crippen LogP contribution is 2.37. The zero-order chi connectivity index (χ0) is 13.6. The molecule has 0 unspecified atom stereocenters.